The first kappa shape index (κ1) is 9.78. The van der Waals surface area contributed by atoms with E-state index in [2.05, 4.69) is 5.32 Å². The standard InChI is InChI=1S/C12H12F2N2/c1-15-9-3-7-2-8(13)4-10-11(14)6-16(5-9)12(7)10/h2,4,6,9,15H,3,5H2,1H3. The third-order valence-electron chi connectivity index (χ3n) is 3.26. The number of likely N-dealkylation sites (N-methyl/N-ethyl adjacent to an activating group) is 1. The summed E-state index contributed by atoms with van der Waals surface area (Å²) in [6.07, 6.45) is 2.20. The fraction of sp³-hybridized carbons (Fsp3) is 0.333. The smallest absolute Gasteiger partial charge is 0.148 e. The Morgan fingerprint density at radius 1 is 1.38 bits per heavy atom. The summed E-state index contributed by atoms with van der Waals surface area (Å²) in [6, 6.07) is 3.01. The van der Waals surface area contributed by atoms with Crippen molar-refractivity contribution in [3.63, 3.8) is 0 Å². The molecule has 0 fully saturated rings. The lowest BCUT2D eigenvalue weighted by atomic mass is 10.00. The molecule has 84 valence electrons. The lowest BCUT2D eigenvalue weighted by molar-refractivity contribution is 0.466. The average Bonchev–Trinajstić information content (AvgIpc) is 2.56. The molecule has 0 aliphatic carbocycles. The van der Waals surface area contributed by atoms with Gasteiger partial charge < -0.3 is 9.88 Å². The highest BCUT2D eigenvalue weighted by atomic mass is 19.1. The molecule has 1 aromatic heterocycles. The Morgan fingerprint density at radius 3 is 2.94 bits per heavy atom. The molecule has 0 radical (unpaired) electrons. The van der Waals surface area contributed by atoms with E-state index in [0.29, 0.717) is 5.39 Å². The summed E-state index contributed by atoms with van der Waals surface area (Å²) in [4.78, 5) is 0. The minimum absolute atomic E-state index is 0.240. The maximum atomic E-state index is 13.6. The molecular formula is C12H12F2N2. The topological polar surface area (TPSA) is 17.0 Å². The Labute approximate surface area is 91.9 Å². The van der Waals surface area contributed by atoms with Crippen LogP contribution < -0.4 is 5.32 Å². The van der Waals surface area contributed by atoms with Gasteiger partial charge in [-0.2, -0.15) is 0 Å². The summed E-state index contributed by atoms with van der Waals surface area (Å²) < 4.78 is 28.8. The Balaban J connectivity index is 2.30. The number of hydrogen-bond donors (Lipinski definition) is 1. The molecule has 1 unspecified atom stereocenters. The quantitative estimate of drug-likeness (QED) is 0.781. The minimum atomic E-state index is -0.365. The number of benzene rings is 1. The molecule has 1 N–H and O–H groups in total. The molecule has 2 nitrogen and oxygen atoms in total. The maximum Gasteiger partial charge on any atom is 0.148 e. The van der Waals surface area contributed by atoms with E-state index in [1.165, 1.54) is 18.3 Å². The fourth-order valence-corrected chi connectivity index (χ4v) is 2.51. The van der Waals surface area contributed by atoms with Gasteiger partial charge in [0, 0.05) is 24.2 Å². The van der Waals surface area contributed by atoms with Crippen LogP contribution in [0.15, 0.2) is 18.3 Å². The Bertz CT molecular complexity index is 560. The molecule has 2 heterocycles. The SMILES string of the molecule is CNC1Cc2cc(F)cc3c(F)cn(c23)C1. The number of nitrogens with one attached hydrogen (secondary N) is 1. The first-order chi connectivity index (χ1) is 7.69. The molecule has 4 heteroatoms. The lowest BCUT2D eigenvalue weighted by Crippen LogP contribution is -2.34. The first-order valence-electron chi connectivity index (χ1n) is 5.33. The van der Waals surface area contributed by atoms with E-state index in [9.17, 15) is 8.78 Å². The second-order valence-corrected chi connectivity index (χ2v) is 4.28. The van der Waals surface area contributed by atoms with E-state index in [1.807, 2.05) is 11.6 Å². The number of hydrogen-bond acceptors (Lipinski definition) is 1. The largest absolute Gasteiger partial charge is 0.343 e. The predicted molar refractivity (Wildman–Crippen MR) is 58.4 cm³/mol. The average molecular weight is 222 g/mol. The zero-order valence-corrected chi connectivity index (χ0v) is 8.93. The summed E-state index contributed by atoms with van der Waals surface area (Å²) in [6.45, 7) is 0.732. The highest BCUT2D eigenvalue weighted by molar-refractivity contribution is 5.84. The van der Waals surface area contributed by atoms with Crippen LogP contribution in [0, 0.1) is 11.6 Å². The third-order valence-corrected chi connectivity index (χ3v) is 3.26. The molecule has 1 atom stereocenters. The van der Waals surface area contributed by atoms with Crippen molar-refractivity contribution in [3.05, 3.63) is 35.5 Å². The van der Waals surface area contributed by atoms with Gasteiger partial charge in [-0.05, 0) is 31.2 Å². The van der Waals surface area contributed by atoms with E-state index in [4.69, 9.17) is 0 Å². The van der Waals surface area contributed by atoms with Crippen LogP contribution >= 0.6 is 0 Å². The Kier molecular flexibility index (Phi) is 2.01. The van der Waals surface area contributed by atoms with Crippen LogP contribution in [0.1, 0.15) is 5.56 Å². The van der Waals surface area contributed by atoms with Crippen LogP contribution in [0.4, 0.5) is 8.78 Å². The van der Waals surface area contributed by atoms with Crippen LogP contribution in [0.5, 0.6) is 0 Å². The van der Waals surface area contributed by atoms with Gasteiger partial charge in [0.05, 0.1) is 5.52 Å². The monoisotopic (exact) mass is 222 g/mol. The molecule has 0 saturated heterocycles. The van der Waals surface area contributed by atoms with Crippen molar-refractivity contribution in [1.82, 2.24) is 9.88 Å². The van der Waals surface area contributed by atoms with Crippen molar-refractivity contribution >= 4 is 10.9 Å². The van der Waals surface area contributed by atoms with Crippen LogP contribution in [0.25, 0.3) is 10.9 Å². The highest BCUT2D eigenvalue weighted by Crippen LogP contribution is 2.29. The second-order valence-electron chi connectivity index (χ2n) is 4.28. The highest BCUT2D eigenvalue weighted by Gasteiger charge is 2.22. The summed E-state index contributed by atoms with van der Waals surface area (Å²) in [7, 11) is 1.87. The van der Waals surface area contributed by atoms with Crippen molar-refractivity contribution < 1.29 is 8.78 Å². The molecule has 2 aromatic rings. The molecular weight excluding hydrogens is 210 g/mol. The van der Waals surface area contributed by atoms with Crippen LogP contribution in [-0.2, 0) is 13.0 Å². The molecule has 1 aliphatic heterocycles. The van der Waals surface area contributed by atoms with Crippen molar-refractivity contribution in [1.29, 1.82) is 0 Å². The first-order valence-corrected chi connectivity index (χ1v) is 5.33. The van der Waals surface area contributed by atoms with Crippen molar-refractivity contribution in [3.8, 4) is 0 Å². The van der Waals surface area contributed by atoms with Gasteiger partial charge in [-0.1, -0.05) is 0 Å². The molecule has 3 rings (SSSR count). The second kappa shape index (κ2) is 3.28. The number of halogens is 2. The van der Waals surface area contributed by atoms with Gasteiger partial charge in [-0.3, -0.25) is 0 Å². The van der Waals surface area contributed by atoms with E-state index < -0.39 is 0 Å². The van der Waals surface area contributed by atoms with Crippen LogP contribution in [0.3, 0.4) is 0 Å². The van der Waals surface area contributed by atoms with Gasteiger partial charge in [0.1, 0.15) is 11.6 Å². The van der Waals surface area contributed by atoms with Crippen LogP contribution in [0.2, 0.25) is 0 Å². The summed E-state index contributed by atoms with van der Waals surface area (Å²) in [5, 5.41) is 3.54. The fourth-order valence-electron chi connectivity index (χ4n) is 2.51. The molecule has 1 aliphatic rings. The number of nitrogens with zero attached hydrogens (tertiary/aromatic N) is 1. The van der Waals surface area contributed by atoms with E-state index >= 15 is 0 Å². The molecule has 1 aromatic carbocycles. The number of aromatic nitrogens is 1. The van der Waals surface area contributed by atoms with Gasteiger partial charge in [0.15, 0.2) is 0 Å². The van der Waals surface area contributed by atoms with Gasteiger partial charge in [0.25, 0.3) is 0 Å². The molecule has 0 bridgehead atoms. The Morgan fingerprint density at radius 2 is 2.19 bits per heavy atom. The molecule has 0 spiro atoms. The zero-order chi connectivity index (χ0) is 11.3. The third kappa shape index (κ3) is 1.26. The minimum Gasteiger partial charge on any atom is -0.343 e. The molecule has 0 amide bonds. The van der Waals surface area contributed by atoms with Gasteiger partial charge in [-0.15, -0.1) is 0 Å². The van der Waals surface area contributed by atoms with Crippen molar-refractivity contribution in [2.75, 3.05) is 7.05 Å². The maximum absolute atomic E-state index is 13.6. The van der Waals surface area contributed by atoms with Gasteiger partial charge in [-0.25, -0.2) is 8.78 Å². The summed E-state index contributed by atoms with van der Waals surface area (Å²) >= 11 is 0. The van der Waals surface area contributed by atoms with Gasteiger partial charge in [0.2, 0.25) is 0 Å². The number of rotatable bonds is 1. The van der Waals surface area contributed by atoms with Gasteiger partial charge >= 0.3 is 0 Å². The lowest BCUT2D eigenvalue weighted by Gasteiger charge is -2.24. The normalized spacial score (nSPS) is 19.3. The summed E-state index contributed by atoms with van der Waals surface area (Å²) in [5.41, 5.74) is 1.72. The van der Waals surface area contributed by atoms with E-state index in [1.54, 1.807) is 0 Å². The van der Waals surface area contributed by atoms with E-state index in [-0.39, 0.29) is 17.7 Å². The van der Waals surface area contributed by atoms with Crippen molar-refractivity contribution in [2.24, 2.45) is 0 Å². The van der Waals surface area contributed by atoms with Crippen molar-refractivity contribution in [2.45, 2.75) is 19.0 Å². The van der Waals surface area contributed by atoms with Crippen LogP contribution in [-0.4, -0.2) is 17.7 Å². The Hall–Kier alpha value is -1.42. The summed E-state index contributed by atoms with van der Waals surface area (Å²) in [5.74, 6) is -0.705. The van der Waals surface area contributed by atoms with E-state index in [0.717, 1.165) is 24.0 Å². The molecule has 0 saturated carbocycles. The zero-order valence-electron chi connectivity index (χ0n) is 8.93. The molecule has 16 heavy (non-hydrogen) atoms. The predicted octanol–water partition coefficient (Wildman–Crippen LogP) is 2.06.